The highest BCUT2D eigenvalue weighted by atomic mass is 16.4. The first-order valence-electron chi connectivity index (χ1n) is 6.17. The number of nitrogens with zero attached hydrogens (tertiary/aromatic N) is 1. The SMILES string of the molecule is Cc1ccc(C#N)c(NCc2ccc(C(=O)O)cc2)c1. The molecule has 0 aromatic heterocycles. The predicted octanol–water partition coefficient (Wildman–Crippen LogP) is 3.18. The van der Waals surface area contributed by atoms with E-state index in [1.165, 1.54) is 0 Å². The van der Waals surface area contributed by atoms with Crippen molar-refractivity contribution in [2.75, 3.05) is 5.32 Å². The fraction of sp³-hybridized carbons (Fsp3) is 0.125. The highest BCUT2D eigenvalue weighted by molar-refractivity contribution is 5.87. The van der Waals surface area contributed by atoms with E-state index in [1.807, 2.05) is 19.1 Å². The average molecular weight is 266 g/mol. The number of aromatic carboxylic acids is 1. The number of rotatable bonds is 4. The van der Waals surface area contributed by atoms with Crippen molar-refractivity contribution >= 4 is 11.7 Å². The molecular formula is C16H14N2O2. The van der Waals surface area contributed by atoms with Gasteiger partial charge in [-0.3, -0.25) is 0 Å². The molecule has 0 heterocycles. The van der Waals surface area contributed by atoms with E-state index in [1.54, 1.807) is 30.3 Å². The molecule has 2 aromatic rings. The zero-order valence-corrected chi connectivity index (χ0v) is 11.1. The molecule has 2 aromatic carbocycles. The lowest BCUT2D eigenvalue weighted by Crippen LogP contribution is -2.02. The van der Waals surface area contributed by atoms with Crippen LogP contribution in [-0.2, 0) is 6.54 Å². The van der Waals surface area contributed by atoms with Gasteiger partial charge >= 0.3 is 5.97 Å². The number of hydrogen-bond donors (Lipinski definition) is 2. The van der Waals surface area contributed by atoms with Gasteiger partial charge in [0.1, 0.15) is 6.07 Å². The normalized spacial score (nSPS) is 9.80. The summed E-state index contributed by atoms with van der Waals surface area (Å²) < 4.78 is 0. The first-order valence-corrected chi connectivity index (χ1v) is 6.17. The van der Waals surface area contributed by atoms with Gasteiger partial charge in [-0.1, -0.05) is 18.2 Å². The highest BCUT2D eigenvalue weighted by Gasteiger charge is 2.04. The van der Waals surface area contributed by atoms with Crippen molar-refractivity contribution in [2.45, 2.75) is 13.5 Å². The van der Waals surface area contributed by atoms with Crippen LogP contribution in [0, 0.1) is 18.3 Å². The molecule has 4 nitrogen and oxygen atoms in total. The maximum atomic E-state index is 10.8. The van der Waals surface area contributed by atoms with Crippen LogP contribution in [0.2, 0.25) is 0 Å². The summed E-state index contributed by atoms with van der Waals surface area (Å²) in [5.74, 6) is -0.935. The lowest BCUT2D eigenvalue weighted by atomic mass is 10.1. The molecule has 0 aliphatic heterocycles. The zero-order chi connectivity index (χ0) is 14.5. The Bertz CT molecular complexity index is 670. The van der Waals surface area contributed by atoms with Gasteiger partial charge in [0, 0.05) is 6.54 Å². The fourth-order valence-corrected chi connectivity index (χ4v) is 1.86. The van der Waals surface area contributed by atoms with Gasteiger partial charge in [0.25, 0.3) is 0 Å². The zero-order valence-electron chi connectivity index (χ0n) is 11.1. The van der Waals surface area contributed by atoms with Gasteiger partial charge in [-0.15, -0.1) is 0 Å². The van der Waals surface area contributed by atoms with Crippen LogP contribution < -0.4 is 5.32 Å². The van der Waals surface area contributed by atoms with Gasteiger partial charge in [0.2, 0.25) is 0 Å². The molecule has 0 aliphatic carbocycles. The summed E-state index contributed by atoms with van der Waals surface area (Å²) in [6, 6.07) is 14.4. The lowest BCUT2D eigenvalue weighted by molar-refractivity contribution is 0.0697. The molecule has 0 atom stereocenters. The van der Waals surface area contributed by atoms with Crippen molar-refractivity contribution in [1.82, 2.24) is 0 Å². The number of nitrogens with one attached hydrogen (secondary N) is 1. The Morgan fingerprint density at radius 3 is 2.55 bits per heavy atom. The Balaban J connectivity index is 2.11. The summed E-state index contributed by atoms with van der Waals surface area (Å²) in [5.41, 5.74) is 3.68. The van der Waals surface area contributed by atoms with Crippen LogP contribution in [0.5, 0.6) is 0 Å². The van der Waals surface area contributed by atoms with Crippen molar-refractivity contribution in [3.63, 3.8) is 0 Å². The fourth-order valence-electron chi connectivity index (χ4n) is 1.86. The Labute approximate surface area is 117 Å². The monoisotopic (exact) mass is 266 g/mol. The Morgan fingerprint density at radius 1 is 1.25 bits per heavy atom. The number of carboxylic acid groups (broad SMARTS) is 1. The minimum atomic E-state index is -0.935. The van der Waals surface area contributed by atoms with Crippen LogP contribution in [0.1, 0.15) is 27.0 Å². The van der Waals surface area contributed by atoms with Crippen LogP contribution in [0.25, 0.3) is 0 Å². The molecule has 0 spiro atoms. The second-order valence-corrected chi connectivity index (χ2v) is 4.52. The second-order valence-electron chi connectivity index (χ2n) is 4.52. The largest absolute Gasteiger partial charge is 0.478 e. The molecule has 0 aliphatic rings. The molecule has 0 bridgehead atoms. The van der Waals surface area contributed by atoms with E-state index in [2.05, 4.69) is 11.4 Å². The number of benzene rings is 2. The third kappa shape index (κ3) is 3.15. The van der Waals surface area contributed by atoms with Crippen LogP contribution in [0.15, 0.2) is 42.5 Å². The number of aryl methyl sites for hydroxylation is 1. The predicted molar refractivity (Wildman–Crippen MR) is 76.6 cm³/mol. The Hall–Kier alpha value is -2.80. The van der Waals surface area contributed by atoms with Crippen molar-refractivity contribution in [3.05, 3.63) is 64.7 Å². The molecule has 2 rings (SSSR count). The topological polar surface area (TPSA) is 73.1 Å². The molecular weight excluding hydrogens is 252 g/mol. The van der Waals surface area contributed by atoms with Crippen molar-refractivity contribution in [3.8, 4) is 6.07 Å². The summed E-state index contributed by atoms with van der Waals surface area (Å²) >= 11 is 0. The molecule has 0 amide bonds. The van der Waals surface area contributed by atoms with E-state index in [0.29, 0.717) is 12.1 Å². The quantitative estimate of drug-likeness (QED) is 0.891. The van der Waals surface area contributed by atoms with E-state index in [0.717, 1.165) is 16.8 Å². The van der Waals surface area contributed by atoms with E-state index < -0.39 is 5.97 Å². The summed E-state index contributed by atoms with van der Waals surface area (Å²) in [6.07, 6.45) is 0. The number of anilines is 1. The van der Waals surface area contributed by atoms with E-state index in [9.17, 15) is 4.79 Å². The number of carboxylic acids is 1. The highest BCUT2D eigenvalue weighted by Crippen LogP contribution is 2.17. The Morgan fingerprint density at radius 2 is 1.95 bits per heavy atom. The standard InChI is InChI=1S/C16H14N2O2/c1-11-2-5-14(9-17)15(8-11)18-10-12-3-6-13(7-4-12)16(19)20/h2-8,18H,10H2,1H3,(H,19,20). The van der Waals surface area contributed by atoms with Crippen LogP contribution in [0.3, 0.4) is 0 Å². The number of hydrogen-bond acceptors (Lipinski definition) is 3. The Kier molecular flexibility index (Phi) is 4.02. The summed E-state index contributed by atoms with van der Waals surface area (Å²) in [6.45, 7) is 2.51. The molecule has 100 valence electrons. The summed E-state index contributed by atoms with van der Waals surface area (Å²) in [4.78, 5) is 10.8. The third-order valence-electron chi connectivity index (χ3n) is 2.98. The molecule has 2 N–H and O–H groups in total. The number of carbonyl (C=O) groups is 1. The van der Waals surface area contributed by atoms with Gasteiger partial charge < -0.3 is 10.4 Å². The maximum Gasteiger partial charge on any atom is 0.335 e. The molecule has 0 unspecified atom stereocenters. The van der Waals surface area contributed by atoms with Crippen LogP contribution >= 0.6 is 0 Å². The average Bonchev–Trinajstić information content (AvgIpc) is 2.45. The van der Waals surface area contributed by atoms with Gasteiger partial charge in [-0.2, -0.15) is 5.26 Å². The summed E-state index contributed by atoms with van der Waals surface area (Å²) in [7, 11) is 0. The molecule has 20 heavy (non-hydrogen) atoms. The first-order chi connectivity index (χ1) is 9.60. The minimum Gasteiger partial charge on any atom is -0.478 e. The van der Waals surface area contributed by atoms with E-state index in [4.69, 9.17) is 10.4 Å². The molecule has 0 saturated heterocycles. The number of nitriles is 1. The molecule has 0 radical (unpaired) electrons. The van der Waals surface area contributed by atoms with E-state index >= 15 is 0 Å². The maximum absolute atomic E-state index is 10.8. The van der Waals surface area contributed by atoms with Crippen molar-refractivity contribution < 1.29 is 9.90 Å². The van der Waals surface area contributed by atoms with Gasteiger partial charge in [-0.05, 0) is 42.3 Å². The van der Waals surface area contributed by atoms with Gasteiger partial charge in [0.05, 0.1) is 16.8 Å². The smallest absolute Gasteiger partial charge is 0.335 e. The summed E-state index contributed by atoms with van der Waals surface area (Å²) in [5, 5.41) is 21.1. The third-order valence-corrected chi connectivity index (χ3v) is 2.98. The van der Waals surface area contributed by atoms with Crippen LogP contribution in [0.4, 0.5) is 5.69 Å². The molecule has 0 fully saturated rings. The minimum absolute atomic E-state index is 0.266. The van der Waals surface area contributed by atoms with Gasteiger partial charge in [-0.25, -0.2) is 4.79 Å². The lowest BCUT2D eigenvalue weighted by Gasteiger charge is -2.09. The second kappa shape index (κ2) is 5.89. The molecule has 0 saturated carbocycles. The van der Waals surface area contributed by atoms with Crippen molar-refractivity contribution in [1.29, 1.82) is 5.26 Å². The van der Waals surface area contributed by atoms with Crippen LogP contribution in [-0.4, -0.2) is 11.1 Å². The van der Waals surface area contributed by atoms with E-state index in [-0.39, 0.29) is 5.56 Å². The van der Waals surface area contributed by atoms with Crippen molar-refractivity contribution in [2.24, 2.45) is 0 Å². The first kappa shape index (κ1) is 13.6. The molecule has 4 heteroatoms. The van der Waals surface area contributed by atoms with Gasteiger partial charge in [0.15, 0.2) is 0 Å².